The summed E-state index contributed by atoms with van der Waals surface area (Å²) < 4.78 is 5.47. The third kappa shape index (κ3) is 1.53. The lowest BCUT2D eigenvalue weighted by Gasteiger charge is -1.86. The second-order valence-corrected chi connectivity index (χ2v) is 3.70. The van der Waals surface area contributed by atoms with Crippen molar-refractivity contribution in [2.24, 2.45) is 0 Å². The van der Waals surface area contributed by atoms with Crippen LogP contribution in [-0.2, 0) is 0 Å². The molecule has 2 aromatic heterocycles. The van der Waals surface area contributed by atoms with Crippen LogP contribution in [0.4, 0.5) is 0 Å². The van der Waals surface area contributed by atoms with E-state index in [4.69, 9.17) is 21.3 Å². The molecule has 0 unspecified atom stereocenters. The molecule has 3 rings (SSSR count). The van der Waals surface area contributed by atoms with Gasteiger partial charge in [-0.2, -0.15) is 10.5 Å². The second-order valence-electron chi connectivity index (χ2n) is 3.26. The molecule has 0 aliphatic rings. The molecule has 1 N–H and O–H groups in total. The Kier molecular flexibility index (Phi) is 2.06. The predicted molar refractivity (Wildman–Crippen MR) is 59.1 cm³/mol. The number of rotatable bonds is 1. The molecule has 82 valence electrons. The van der Waals surface area contributed by atoms with Crippen LogP contribution in [0.3, 0.4) is 0 Å². The lowest BCUT2D eigenvalue weighted by atomic mass is 10.3. The standard InChI is InChI=1S/C10H4ClN5O/c11-5-1-2-6-8(3-5)17-10(13-6)9-7(4-12)14-16-15-9/h1-3H,(H,14,15,16). The number of nitriles is 1. The first-order valence-corrected chi connectivity index (χ1v) is 5.03. The Morgan fingerprint density at radius 2 is 2.24 bits per heavy atom. The monoisotopic (exact) mass is 245 g/mol. The molecular formula is C10H4ClN5O. The first-order chi connectivity index (χ1) is 8.28. The molecule has 3 aromatic rings. The van der Waals surface area contributed by atoms with Crippen molar-refractivity contribution in [1.29, 1.82) is 5.26 Å². The van der Waals surface area contributed by atoms with Crippen molar-refractivity contribution in [3.8, 4) is 17.7 Å². The summed E-state index contributed by atoms with van der Waals surface area (Å²) in [6.45, 7) is 0. The van der Waals surface area contributed by atoms with Gasteiger partial charge in [-0.25, -0.2) is 4.98 Å². The van der Waals surface area contributed by atoms with Crippen LogP contribution in [0.15, 0.2) is 22.6 Å². The highest BCUT2D eigenvalue weighted by atomic mass is 35.5. The zero-order valence-corrected chi connectivity index (χ0v) is 9.06. The minimum atomic E-state index is 0.141. The number of hydrogen-bond donors (Lipinski definition) is 1. The molecule has 0 saturated heterocycles. The van der Waals surface area contributed by atoms with Gasteiger partial charge in [-0.3, -0.25) is 0 Å². The first-order valence-electron chi connectivity index (χ1n) is 4.65. The van der Waals surface area contributed by atoms with Crippen LogP contribution in [0.5, 0.6) is 0 Å². The number of H-pyrrole nitrogens is 1. The molecule has 0 fully saturated rings. The number of aromatic amines is 1. The molecule has 17 heavy (non-hydrogen) atoms. The van der Waals surface area contributed by atoms with Gasteiger partial charge in [-0.1, -0.05) is 11.6 Å². The molecule has 6 nitrogen and oxygen atoms in total. The second kappa shape index (κ2) is 3.57. The fraction of sp³-hybridized carbons (Fsp3) is 0. The lowest BCUT2D eigenvalue weighted by Crippen LogP contribution is -1.81. The van der Waals surface area contributed by atoms with Gasteiger partial charge in [0, 0.05) is 11.1 Å². The summed E-state index contributed by atoms with van der Waals surface area (Å²) in [4.78, 5) is 4.21. The summed E-state index contributed by atoms with van der Waals surface area (Å²) in [5, 5.41) is 19.2. The van der Waals surface area contributed by atoms with Gasteiger partial charge in [0.25, 0.3) is 5.89 Å². The molecule has 0 aliphatic heterocycles. The van der Waals surface area contributed by atoms with Gasteiger partial charge in [-0.05, 0) is 12.1 Å². The van der Waals surface area contributed by atoms with E-state index in [9.17, 15) is 0 Å². The quantitative estimate of drug-likeness (QED) is 0.709. The van der Waals surface area contributed by atoms with Crippen molar-refractivity contribution in [3.05, 3.63) is 28.9 Å². The van der Waals surface area contributed by atoms with Crippen LogP contribution >= 0.6 is 11.6 Å². The lowest BCUT2D eigenvalue weighted by molar-refractivity contribution is 0.616. The summed E-state index contributed by atoms with van der Waals surface area (Å²) in [6.07, 6.45) is 0. The van der Waals surface area contributed by atoms with Crippen LogP contribution in [0.1, 0.15) is 5.69 Å². The highest BCUT2D eigenvalue weighted by Crippen LogP contribution is 2.25. The normalized spacial score (nSPS) is 10.6. The molecular weight excluding hydrogens is 242 g/mol. The van der Waals surface area contributed by atoms with Crippen LogP contribution in [0, 0.1) is 11.3 Å². The number of benzene rings is 1. The summed E-state index contributed by atoms with van der Waals surface area (Å²) >= 11 is 5.84. The summed E-state index contributed by atoms with van der Waals surface area (Å²) in [7, 11) is 0. The Morgan fingerprint density at radius 3 is 3.06 bits per heavy atom. The first kappa shape index (κ1) is 9.81. The van der Waals surface area contributed by atoms with Crippen molar-refractivity contribution in [2.45, 2.75) is 0 Å². The van der Waals surface area contributed by atoms with Gasteiger partial charge in [0.05, 0.1) is 0 Å². The van der Waals surface area contributed by atoms with Crippen molar-refractivity contribution in [2.75, 3.05) is 0 Å². The van der Waals surface area contributed by atoms with Crippen molar-refractivity contribution >= 4 is 22.7 Å². The van der Waals surface area contributed by atoms with Crippen LogP contribution < -0.4 is 0 Å². The van der Waals surface area contributed by atoms with E-state index in [1.807, 2.05) is 6.07 Å². The van der Waals surface area contributed by atoms with E-state index < -0.39 is 0 Å². The number of aromatic nitrogens is 4. The van der Waals surface area contributed by atoms with Gasteiger partial charge in [0.2, 0.25) is 0 Å². The van der Waals surface area contributed by atoms with Crippen molar-refractivity contribution in [1.82, 2.24) is 20.4 Å². The van der Waals surface area contributed by atoms with E-state index in [0.29, 0.717) is 21.8 Å². The van der Waals surface area contributed by atoms with Gasteiger partial charge in [-0.15, -0.1) is 10.2 Å². The average molecular weight is 246 g/mol. The molecule has 0 atom stereocenters. The largest absolute Gasteiger partial charge is 0.435 e. The number of nitrogens with one attached hydrogen (secondary N) is 1. The molecule has 7 heteroatoms. The maximum Gasteiger partial charge on any atom is 0.251 e. The van der Waals surface area contributed by atoms with Crippen molar-refractivity contribution in [3.63, 3.8) is 0 Å². The molecule has 0 amide bonds. The maximum atomic E-state index is 8.82. The summed E-state index contributed by atoms with van der Waals surface area (Å²) in [5.74, 6) is 0.243. The molecule has 1 aromatic carbocycles. The van der Waals surface area contributed by atoms with E-state index in [0.717, 1.165) is 0 Å². The molecule has 0 bridgehead atoms. The fourth-order valence-electron chi connectivity index (χ4n) is 1.46. The Bertz CT molecular complexity index is 739. The van der Waals surface area contributed by atoms with Gasteiger partial charge in [0.15, 0.2) is 17.0 Å². The van der Waals surface area contributed by atoms with Crippen LogP contribution in [0.2, 0.25) is 5.02 Å². The molecule has 0 spiro atoms. The van der Waals surface area contributed by atoms with E-state index in [2.05, 4.69) is 20.4 Å². The third-order valence-corrected chi connectivity index (χ3v) is 2.44. The Morgan fingerprint density at radius 1 is 1.35 bits per heavy atom. The number of oxazole rings is 1. The van der Waals surface area contributed by atoms with Crippen LogP contribution in [0.25, 0.3) is 22.7 Å². The summed E-state index contributed by atoms with van der Waals surface area (Å²) in [6, 6.07) is 7.00. The zero-order chi connectivity index (χ0) is 11.8. The predicted octanol–water partition coefficient (Wildman–Crippen LogP) is 2.14. The molecule has 2 heterocycles. The molecule has 0 saturated carbocycles. The molecule has 0 radical (unpaired) electrons. The van der Waals surface area contributed by atoms with Gasteiger partial charge in [0.1, 0.15) is 11.6 Å². The maximum absolute atomic E-state index is 8.82. The van der Waals surface area contributed by atoms with E-state index >= 15 is 0 Å². The van der Waals surface area contributed by atoms with E-state index in [1.54, 1.807) is 18.2 Å². The minimum absolute atomic E-state index is 0.141. The Hall–Kier alpha value is -2.39. The highest BCUT2D eigenvalue weighted by molar-refractivity contribution is 6.31. The topological polar surface area (TPSA) is 91.4 Å². The Balaban J connectivity index is 2.22. The number of fused-ring (bicyclic) bond motifs is 1. The Labute approximate surface area is 99.8 Å². The summed E-state index contributed by atoms with van der Waals surface area (Å²) in [5.41, 5.74) is 1.62. The van der Waals surface area contributed by atoms with E-state index in [-0.39, 0.29) is 11.6 Å². The fourth-order valence-corrected chi connectivity index (χ4v) is 1.62. The van der Waals surface area contributed by atoms with Crippen LogP contribution in [-0.4, -0.2) is 20.4 Å². The third-order valence-electron chi connectivity index (χ3n) is 2.21. The zero-order valence-electron chi connectivity index (χ0n) is 8.31. The minimum Gasteiger partial charge on any atom is -0.435 e. The average Bonchev–Trinajstić information content (AvgIpc) is 2.93. The van der Waals surface area contributed by atoms with Gasteiger partial charge >= 0.3 is 0 Å². The van der Waals surface area contributed by atoms with Crippen molar-refractivity contribution < 1.29 is 4.42 Å². The number of hydrogen-bond acceptors (Lipinski definition) is 5. The molecule has 0 aliphatic carbocycles. The number of halogens is 1. The smallest absolute Gasteiger partial charge is 0.251 e. The van der Waals surface area contributed by atoms with Gasteiger partial charge < -0.3 is 4.42 Å². The number of nitrogens with zero attached hydrogens (tertiary/aromatic N) is 4. The van der Waals surface area contributed by atoms with E-state index in [1.165, 1.54) is 0 Å². The SMILES string of the molecule is N#Cc1n[nH]nc1-c1nc2ccc(Cl)cc2o1. The highest BCUT2D eigenvalue weighted by Gasteiger charge is 2.16.